The number of benzene rings is 1. The Balaban J connectivity index is 1.46. The van der Waals surface area contributed by atoms with Crippen molar-refractivity contribution in [1.82, 2.24) is 10.2 Å². The smallest absolute Gasteiger partial charge is 0.265 e. The Morgan fingerprint density at radius 3 is 2.85 bits per heavy atom. The van der Waals surface area contributed by atoms with E-state index in [-0.39, 0.29) is 11.8 Å². The lowest BCUT2D eigenvalue weighted by Gasteiger charge is -2.33. The molecule has 6 heteroatoms. The van der Waals surface area contributed by atoms with E-state index < -0.39 is 0 Å². The Morgan fingerprint density at radius 2 is 2.07 bits per heavy atom. The highest BCUT2D eigenvalue weighted by molar-refractivity contribution is 7.12. The number of hydrogen-bond acceptors (Lipinski definition) is 4. The summed E-state index contributed by atoms with van der Waals surface area (Å²) in [5.74, 6) is -0.257. The van der Waals surface area contributed by atoms with Crippen LogP contribution in [-0.2, 0) is 0 Å². The molecule has 1 aromatic heterocycles. The molecule has 0 saturated carbocycles. The first-order valence-corrected chi connectivity index (χ1v) is 10.5. The number of rotatable bonds is 7. The zero-order chi connectivity index (χ0) is 19.1. The summed E-state index contributed by atoms with van der Waals surface area (Å²) in [5.41, 5.74) is 1.19. The number of nitrogens with zero attached hydrogens (tertiary/aromatic N) is 1. The van der Waals surface area contributed by atoms with Crippen molar-refractivity contribution in [2.75, 3.05) is 25.0 Å². The molecule has 3 rings (SSSR count). The molecule has 0 aliphatic carbocycles. The van der Waals surface area contributed by atoms with Crippen molar-refractivity contribution < 1.29 is 9.59 Å². The van der Waals surface area contributed by atoms with E-state index in [2.05, 4.69) is 22.5 Å². The normalized spacial score (nSPS) is 17.4. The Bertz CT molecular complexity index is 761. The summed E-state index contributed by atoms with van der Waals surface area (Å²) in [6, 6.07) is 11.3. The van der Waals surface area contributed by atoms with Gasteiger partial charge in [0.05, 0.1) is 4.88 Å². The topological polar surface area (TPSA) is 61.4 Å². The van der Waals surface area contributed by atoms with E-state index in [0.29, 0.717) is 28.7 Å². The molecule has 0 spiro atoms. The molecule has 27 heavy (non-hydrogen) atoms. The average molecular weight is 386 g/mol. The van der Waals surface area contributed by atoms with Crippen molar-refractivity contribution in [1.29, 1.82) is 0 Å². The van der Waals surface area contributed by atoms with Crippen LogP contribution < -0.4 is 10.6 Å². The van der Waals surface area contributed by atoms with E-state index in [0.717, 1.165) is 13.0 Å². The van der Waals surface area contributed by atoms with Crippen LogP contribution in [-0.4, -0.2) is 42.4 Å². The fraction of sp³-hybridized carbons (Fsp3) is 0.429. The number of carbonyl (C=O) groups is 2. The van der Waals surface area contributed by atoms with Gasteiger partial charge < -0.3 is 15.5 Å². The summed E-state index contributed by atoms with van der Waals surface area (Å²) in [6.45, 7) is 5.14. The van der Waals surface area contributed by atoms with Gasteiger partial charge in [0.1, 0.15) is 0 Å². The number of nitrogens with one attached hydrogen (secondary N) is 2. The van der Waals surface area contributed by atoms with Crippen molar-refractivity contribution in [3.05, 3.63) is 52.2 Å². The average Bonchev–Trinajstić information content (AvgIpc) is 3.21. The highest BCUT2D eigenvalue weighted by Gasteiger charge is 2.17. The van der Waals surface area contributed by atoms with E-state index >= 15 is 0 Å². The fourth-order valence-electron chi connectivity index (χ4n) is 3.41. The zero-order valence-corrected chi connectivity index (χ0v) is 16.6. The van der Waals surface area contributed by atoms with Crippen LogP contribution in [0.3, 0.4) is 0 Å². The summed E-state index contributed by atoms with van der Waals surface area (Å²) in [7, 11) is 0. The molecule has 1 fully saturated rings. The van der Waals surface area contributed by atoms with Gasteiger partial charge in [0.2, 0.25) is 0 Å². The van der Waals surface area contributed by atoms with Gasteiger partial charge in [-0.1, -0.05) is 18.6 Å². The lowest BCUT2D eigenvalue weighted by Crippen LogP contribution is -2.39. The number of amides is 2. The SMILES string of the molecule is C[C@@H]1CCCCN1CCCNC(=O)c1cccc(NC(=O)c2cccs2)c1. The Labute approximate surface area is 164 Å². The first kappa shape index (κ1) is 19.6. The van der Waals surface area contributed by atoms with E-state index in [1.165, 1.54) is 37.1 Å². The third kappa shape index (κ3) is 5.65. The Kier molecular flexibility index (Phi) is 7.01. The van der Waals surface area contributed by atoms with Crippen LogP contribution >= 0.6 is 11.3 Å². The molecule has 2 aromatic rings. The standard InChI is InChI=1S/C21H27N3O2S/c1-16-7-2-3-12-24(16)13-6-11-22-20(25)17-8-4-9-18(15-17)23-21(26)19-10-5-14-27-19/h4-5,8-10,14-16H,2-3,6-7,11-13H2,1H3,(H,22,25)(H,23,26)/t16-/m1/s1. The van der Waals surface area contributed by atoms with Crippen LogP contribution in [0.4, 0.5) is 5.69 Å². The molecule has 1 saturated heterocycles. The number of hydrogen-bond donors (Lipinski definition) is 2. The van der Waals surface area contributed by atoms with Gasteiger partial charge >= 0.3 is 0 Å². The third-order valence-electron chi connectivity index (χ3n) is 4.98. The molecule has 0 unspecified atom stereocenters. The second-order valence-electron chi connectivity index (χ2n) is 7.00. The lowest BCUT2D eigenvalue weighted by atomic mass is 10.0. The van der Waals surface area contributed by atoms with E-state index in [4.69, 9.17) is 0 Å². The van der Waals surface area contributed by atoms with Crippen molar-refractivity contribution in [3.63, 3.8) is 0 Å². The van der Waals surface area contributed by atoms with Crippen molar-refractivity contribution in [2.45, 2.75) is 38.6 Å². The summed E-state index contributed by atoms with van der Waals surface area (Å²) < 4.78 is 0. The Morgan fingerprint density at radius 1 is 1.19 bits per heavy atom. The number of anilines is 1. The van der Waals surface area contributed by atoms with Gasteiger partial charge in [-0.05, 0) is 62.4 Å². The maximum absolute atomic E-state index is 12.4. The molecule has 2 N–H and O–H groups in total. The summed E-state index contributed by atoms with van der Waals surface area (Å²) in [6.07, 6.45) is 4.83. The molecule has 144 valence electrons. The maximum Gasteiger partial charge on any atom is 0.265 e. The first-order valence-electron chi connectivity index (χ1n) is 9.60. The summed E-state index contributed by atoms with van der Waals surface area (Å²) in [5, 5.41) is 7.69. The molecule has 1 atom stereocenters. The van der Waals surface area contributed by atoms with Gasteiger partial charge in [-0.25, -0.2) is 0 Å². The van der Waals surface area contributed by atoms with Gasteiger partial charge in [0.25, 0.3) is 11.8 Å². The van der Waals surface area contributed by atoms with Gasteiger partial charge in [-0.3, -0.25) is 9.59 Å². The van der Waals surface area contributed by atoms with Crippen molar-refractivity contribution in [2.24, 2.45) is 0 Å². The summed E-state index contributed by atoms with van der Waals surface area (Å²) in [4.78, 5) is 27.7. The maximum atomic E-state index is 12.4. The molecule has 1 aliphatic heterocycles. The molecule has 0 radical (unpaired) electrons. The zero-order valence-electron chi connectivity index (χ0n) is 15.7. The predicted octanol–water partition coefficient (Wildman–Crippen LogP) is 3.99. The molecule has 0 bridgehead atoms. The van der Waals surface area contributed by atoms with Crippen molar-refractivity contribution in [3.8, 4) is 0 Å². The van der Waals surface area contributed by atoms with Crippen LogP contribution in [0.5, 0.6) is 0 Å². The first-order chi connectivity index (χ1) is 13.1. The minimum Gasteiger partial charge on any atom is -0.352 e. The summed E-state index contributed by atoms with van der Waals surface area (Å²) >= 11 is 1.39. The number of carbonyl (C=O) groups excluding carboxylic acids is 2. The molecule has 2 amide bonds. The van der Waals surface area contributed by atoms with Crippen molar-refractivity contribution >= 4 is 28.8 Å². The number of piperidine rings is 1. The van der Waals surface area contributed by atoms with Crippen LogP contribution in [0.1, 0.15) is 52.6 Å². The minimum absolute atomic E-state index is 0.103. The van der Waals surface area contributed by atoms with E-state index in [9.17, 15) is 9.59 Å². The second kappa shape index (κ2) is 9.67. The lowest BCUT2D eigenvalue weighted by molar-refractivity contribution is 0.0947. The predicted molar refractivity (Wildman–Crippen MR) is 111 cm³/mol. The van der Waals surface area contributed by atoms with Gasteiger partial charge in [0, 0.05) is 30.4 Å². The second-order valence-corrected chi connectivity index (χ2v) is 7.95. The minimum atomic E-state index is -0.154. The fourth-order valence-corrected chi connectivity index (χ4v) is 4.03. The van der Waals surface area contributed by atoms with Crippen LogP contribution in [0.15, 0.2) is 41.8 Å². The van der Waals surface area contributed by atoms with E-state index in [1.807, 2.05) is 11.4 Å². The van der Waals surface area contributed by atoms with Crippen LogP contribution in [0, 0.1) is 0 Å². The molecular weight excluding hydrogens is 358 g/mol. The molecule has 1 aliphatic rings. The highest BCUT2D eigenvalue weighted by atomic mass is 32.1. The van der Waals surface area contributed by atoms with Crippen LogP contribution in [0.25, 0.3) is 0 Å². The quantitative estimate of drug-likeness (QED) is 0.709. The molecule has 2 heterocycles. The van der Waals surface area contributed by atoms with E-state index in [1.54, 1.807) is 30.3 Å². The molecular formula is C21H27N3O2S. The molecule has 1 aromatic carbocycles. The largest absolute Gasteiger partial charge is 0.352 e. The van der Waals surface area contributed by atoms with Crippen LogP contribution in [0.2, 0.25) is 0 Å². The Hall–Kier alpha value is -2.18. The number of likely N-dealkylation sites (tertiary alicyclic amines) is 1. The van der Waals surface area contributed by atoms with Gasteiger partial charge in [-0.2, -0.15) is 0 Å². The van der Waals surface area contributed by atoms with Gasteiger partial charge in [-0.15, -0.1) is 11.3 Å². The monoisotopic (exact) mass is 385 g/mol. The third-order valence-corrected chi connectivity index (χ3v) is 5.84. The van der Waals surface area contributed by atoms with Gasteiger partial charge in [0.15, 0.2) is 0 Å². The highest BCUT2D eigenvalue weighted by Crippen LogP contribution is 2.17. The number of thiophene rings is 1. The molecule has 5 nitrogen and oxygen atoms in total.